The van der Waals surface area contributed by atoms with Crippen LogP contribution in [0.2, 0.25) is 5.02 Å². The second-order valence-electron chi connectivity index (χ2n) is 2.47. The maximum Gasteiger partial charge on any atom is 0.188 e. The minimum atomic E-state index is 0.157. The SMILES string of the molecule is COCOc1cc(OC)c(Br)cc1Cl. The van der Waals surface area contributed by atoms with Crippen LogP contribution in [0.4, 0.5) is 0 Å². The van der Waals surface area contributed by atoms with Gasteiger partial charge in [0.15, 0.2) is 6.79 Å². The van der Waals surface area contributed by atoms with Crippen LogP contribution < -0.4 is 9.47 Å². The fraction of sp³-hybridized carbons (Fsp3) is 0.333. The Morgan fingerprint density at radius 3 is 2.57 bits per heavy atom. The highest BCUT2D eigenvalue weighted by atomic mass is 79.9. The first-order valence-electron chi connectivity index (χ1n) is 3.83. The zero-order chi connectivity index (χ0) is 10.6. The highest BCUT2D eigenvalue weighted by molar-refractivity contribution is 9.10. The van der Waals surface area contributed by atoms with E-state index < -0.39 is 0 Å². The molecule has 1 aromatic carbocycles. The van der Waals surface area contributed by atoms with Crippen LogP contribution in [0.5, 0.6) is 11.5 Å². The van der Waals surface area contributed by atoms with Crippen molar-refractivity contribution < 1.29 is 14.2 Å². The van der Waals surface area contributed by atoms with Crippen molar-refractivity contribution in [2.75, 3.05) is 21.0 Å². The summed E-state index contributed by atoms with van der Waals surface area (Å²) in [4.78, 5) is 0. The van der Waals surface area contributed by atoms with Gasteiger partial charge in [-0.1, -0.05) is 11.6 Å². The summed E-state index contributed by atoms with van der Waals surface area (Å²) in [5.74, 6) is 1.20. The van der Waals surface area contributed by atoms with Crippen molar-refractivity contribution in [3.05, 3.63) is 21.6 Å². The van der Waals surface area contributed by atoms with E-state index in [-0.39, 0.29) is 6.79 Å². The molecule has 0 aromatic heterocycles. The van der Waals surface area contributed by atoms with E-state index >= 15 is 0 Å². The van der Waals surface area contributed by atoms with Crippen molar-refractivity contribution in [1.29, 1.82) is 0 Å². The quantitative estimate of drug-likeness (QED) is 0.794. The molecule has 0 aliphatic carbocycles. The first-order chi connectivity index (χ1) is 6.69. The molecular formula is C9H10BrClO3. The van der Waals surface area contributed by atoms with Crippen LogP contribution in [0.3, 0.4) is 0 Å². The van der Waals surface area contributed by atoms with Crippen LogP contribution in [0.25, 0.3) is 0 Å². The van der Waals surface area contributed by atoms with Crippen LogP contribution in [0, 0.1) is 0 Å². The van der Waals surface area contributed by atoms with Crippen molar-refractivity contribution in [2.24, 2.45) is 0 Å². The van der Waals surface area contributed by atoms with Gasteiger partial charge in [0.1, 0.15) is 11.5 Å². The second kappa shape index (κ2) is 5.44. The maximum atomic E-state index is 5.93. The van der Waals surface area contributed by atoms with Gasteiger partial charge in [0.25, 0.3) is 0 Å². The normalized spacial score (nSPS) is 10.0. The molecule has 0 N–H and O–H groups in total. The maximum absolute atomic E-state index is 5.93. The third-order valence-electron chi connectivity index (χ3n) is 1.54. The third-order valence-corrected chi connectivity index (χ3v) is 2.45. The summed E-state index contributed by atoms with van der Waals surface area (Å²) in [7, 11) is 3.12. The molecule has 0 aliphatic rings. The van der Waals surface area contributed by atoms with Gasteiger partial charge in [0, 0.05) is 13.2 Å². The molecular weight excluding hydrogens is 271 g/mol. The summed E-state index contributed by atoms with van der Waals surface area (Å²) >= 11 is 9.24. The van der Waals surface area contributed by atoms with E-state index in [1.54, 1.807) is 26.4 Å². The smallest absolute Gasteiger partial charge is 0.188 e. The van der Waals surface area contributed by atoms with Crippen LogP contribution in [-0.2, 0) is 4.74 Å². The molecule has 0 saturated heterocycles. The summed E-state index contributed by atoms with van der Waals surface area (Å²) in [6, 6.07) is 3.41. The van der Waals surface area contributed by atoms with Crippen LogP contribution in [0.15, 0.2) is 16.6 Å². The van der Waals surface area contributed by atoms with E-state index in [9.17, 15) is 0 Å². The van der Waals surface area contributed by atoms with E-state index in [1.807, 2.05) is 0 Å². The monoisotopic (exact) mass is 280 g/mol. The Morgan fingerprint density at radius 2 is 2.00 bits per heavy atom. The van der Waals surface area contributed by atoms with Gasteiger partial charge in [-0.2, -0.15) is 0 Å². The van der Waals surface area contributed by atoms with Crippen molar-refractivity contribution in [3.8, 4) is 11.5 Å². The Balaban J connectivity index is 2.92. The molecule has 3 nitrogen and oxygen atoms in total. The molecule has 0 bridgehead atoms. The Hall–Kier alpha value is -0.450. The van der Waals surface area contributed by atoms with Gasteiger partial charge in [-0.3, -0.25) is 0 Å². The number of rotatable bonds is 4. The first kappa shape index (κ1) is 11.6. The van der Waals surface area contributed by atoms with Gasteiger partial charge in [-0.15, -0.1) is 0 Å². The Morgan fingerprint density at radius 1 is 1.29 bits per heavy atom. The molecule has 14 heavy (non-hydrogen) atoms. The lowest BCUT2D eigenvalue weighted by atomic mass is 10.3. The van der Waals surface area contributed by atoms with Gasteiger partial charge in [-0.05, 0) is 22.0 Å². The molecule has 0 heterocycles. The Labute approximate surface area is 96.0 Å². The lowest BCUT2D eigenvalue weighted by Gasteiger charge is -2.09. The number of halogens is 2. The summed E-state index contributed by atoms with van der Waals surface area (Å²) in [6.45, 7) is 0.157. The molecule has 1 aromatic rings. The van der Waals surface area contributed by atoms with Crippen molar-refractivity contribution >= 4 is 27.5 Å². The first-order valence-corrected chi connectivity index (χ1v) is 5.01. The molecule has 0 radical (unpaired) electrons. The lowest BCUT2D eigenvalue weighted by Crippen LogP contribution is -1.99. The fourth-order valence-electron chi connectivity index (χ4n) is 0.900. The average Bonchev–Trinajstić information content (AvgIpc) is 2.17. The summed E-state index contributed by atoms with van der Waals surface area (Å²) in [5, 5.41) is 0.509. The predicted octanol–water partition coefficient (Wildman–Crippen LogP) is 3.09. The molecule has 0 amide bonds. The molecule has 5 heteroatoms. The molecule has 0 unspecified atom stereocenters. The van der Waals surface area contributed by atoms with Crippen LogP contribution >= 0.6 is 27.5 Å². The van der Waals surface area contributed by atoms with E-state index in [4.69, 9.17) is 25.8 Å². The summed E-state index contributed by atoms with van der Waals surface area (Å²) in [6.07, 6.45) is 0. The number of benzene rings is 1. The van der Waals surface area contributed by atoms with Crippen LogP contribution in [-0.4, -0.2) is 21.0 Å². The number of ether oxygens (including phenoxy) is 3. The van der Waals surface area contributed by atoms with Gasteiger partial charge in [0.2, 0.25) is 0 Å². The van der Waals surface area contributed by atoms with Gasteiger partial charge in [-0.25, -0.2) is 0 Å². The average molecular weight is 282 g/mol. The summed E-state index contributed by atoms with van der Waals surface area (Å²) < 4.78 is 15.9. The van der Waals surface area contributed by atoms with Crippen molar-refractivity contribution in [3.63, 3.8) is 0 Å². The molecule has 0 spiro atoms. The second-order valence-corrected chi connectivity index (χ2v) is 3.73. The van der Waals surface area contributed by atoms with E-state index in [0.29, 0.717) is 16.5 Å². The number of hydrogen-bond donors (Lipinski definition) is 0. The lowest BCUT2D eigenvalue weighted by molar-refractivity contribution is 0.0510. The predicted molar refractivity (Wildman–Crippen MR) is 58.2 cm³/mol. The molecule has 1 rings (SSSR count). The molecule has 78 valence electrons. The molecule has 0 atom stereocenters. The van der Waals surface area contributed by atoms with Gasteiger partial charge >= 0.3 is 0 Å². The molecule has 0 aliphatic heterocycles. The standard InChI is InChI=1S/C9H10BrClO3/c1-12-5-14-9-4-8(13-2)6(10)3-7(9)11/h3-4H,5H2,1-2H3. The van der Waals surface area contributed by atoms with Crippen molar-refractivity contribution in [1.82, 2.24) is 0 Å². The third kappa shape index (κ3) is 2.77. The van der Waals surface area contributed by atoms with Gasteiger partial charge < -0.3 is 14.2 Å². The van der Waals surface area contributed by atoms with E-state index in [0.717, 1.165) is 4.47 Å². The largest absolute Gasteiger partial charge is 0.495 e. The van der Waals surface area contributed by atoms with E-state index in [2.05, 4.69) is 15.9 Å². The zero-order valence-electron chi connectivity index (χ0n) is 7.84. The minimum absolute atomic E-state index is 0.157. The highest BCUT2D eigenvalue weighted by Crippen LogP contribution is 2.35. The Bertz CT molecular complexity index is 317. The van der Waals surface area contributed by atoms with Gasteiger partial charge in [0.05, 0.1) is 16.6 Å². The zero-order valence-corrected chi connectivity index (χ0v) is 10.2. The molecule has 0 saturated carbocycles. The van der Waals surface area contributed by atoms with Crippen molar-refractivity contribution in [2.45, 2.75) is 0 Å². The number of hydrogen-bond acceptors (Lipinski definition) is 3. The number of methoxy groups -OCH3 is 2. The van der Waals surface area contributed by atoms with Crippen LogP contribution in [0.1, 0.15) is 0 Å². The minimum Gasteiger partial charge on any atom is -0.495 e. The van der Waals surface area contributed by atoms with E-state index in [1.165, 1.54) is 0 Å². The Kier molecular flexibility index (Phi) is 4.51. The highest BCUT2D eigenvalue weighted by Gasteiger charge is 2.08. The topological polar surface area (TPSA) is 27.7 Å². The molecule has 0 fully saturated rings. The summed E-state index contributed by atoms with van der Waals surface area (Å²) in [5.41, 5.74) is 0. The fourth-order valence-corrected chi connectivity index (χ4v) is 1.76.